The summed E-state index contributed by atoms with van der Waals surface area (Å²) < 4.78 is 9.61. The number of ether oxygens (including phenoxy) is 2. The number of carbonyl (C=O) groups is 3. The van der Waals surface area contributed by atoms with Crippen molar-refractivity contribution in [1.29, 1.82) is 0 Å². The lowest BCUT2D eigenvalue weighted by Crippen LogP contribution is -2.46. The average molecular weight is 403 g/mol. The molecule has 1 aliphatic heterocycles. The van der Waals surface area contributed by atoms with E-state index in [9.17, 15) is 24.5 Å². The number of nitro benzene ring substituents is 1. The standard InChI is InChI=1S/C15H15ClN2O7S/c1-24-15(21)12-7-17(4-5-26-12)13(19)8-25-14(20)10-3-2-9(18(22)23)6-11(10)16/h2-3,6,12H,4-5,7-8H2,1H3/t12-/m1/s1. The van der Waals surface area contributed by atoms with E-state index < -0.39 is 34.6 Å². The van der Waals surface area contributed by atoms with E-state index in [4.69, 9.17) is 16.3 Å². The second-order valence-corrected chi connectivity index (χ2v) is 6.94. The molecule has 0 aromatic heterocycles. The van der Waals surface area contributed by atoms with Gasteiger partial charge in [0.2, 0.25) is 0 Å². The summed E-state index contributed by atoms with van der Waals surface area (Å²) in [5, 5.41) is 10.1. The number of benzene rings is 1. The minimum atomic E-state index is -0.867. The molecular weight excluding hydrogens is 388 g/mol. The van der Waals surface area contributed by atoms with Crippen molar-refractivity contribution in [1.82, 2.24) is 4.90 Å². The maximum Gasteiger partial charge on any atom is 0.340 e. The smallest absolute Gasteiger partial charge is 0.340 e. The van der Waals surface area contributed by atoms with Gasteiger partial charge in [-0.05, 0) is 6.07 Å². The van der Waals surface area contributed by atoms with Gasteiger partial charge >= 0.3 is 11.9 Å². The molecule has 9 nitrogen and oxygen atoms in total. The van der Waals surface area contributed by atoms with Crippen molar-refractivity contribution in [2.75, 3.05) is 32.6 Å². The highest BCUT2D eigenvalue weighted by Crippen LogP contribution is 2.23. The third-order valence-corrected chi connectivity index (χ3v) is 5.07. The van der Waals surface area contributed by atoms with Crippen LogP contribution in [0, 0.1) is 10.1 Å². The van der Waals surface area contributed by atoms with Gasteiger partial charge in [0.15, 0.2) is 6.61 Å². The maximum absolute atomic E-state index is 12.2. The van der Waals surface area contributed by atoms with Gasteiger partial charge in [-0.25, -0.2) is 4.79 Å². The van der Waals surface area contributed by atoms with E-state index in [-0.39, 0.29) is 22.8 Å². The molecule has 0 saturated carbocycles. The predicted molar refractivity (Wildman–Crippen MR) is 93.2 cm³/mol. The summed E-state index contributed by atoms with van der Waals surface area (Å²) in [4.78, 5) is 47.2. The number of carbonyl (C=O) groups excluding carboxylic acids is 3. The number of amides is 1. The number of nitrogens with zero attached hydrogens (tertiary/aromatic N) is 2. The summed E-state index contributed by atoms with van der Waals surface area (Å²) in [6.45, 7) is 0.0730. The van der Waals surface area contributed by atoms with Crippen LogP contribution in [0.2, 0.25) is 5.02 Å². The number of rotatable bonds is 5. The van der Waals surface area contributed by atoms with Crippen LogP contribution in [-0.4, -0.2) is 65.5 Å². The third-order valence-electron chi connectivity index (χ3n) is 3.59. The molecule has 1 heterocycles. The van der Waals surface area contributed by atoms with Gasteiger partial charge in [-0.2, -0.15) is 0 Å². The Labute approximate surface area is 157 Å². The Morgan fingerprint density at radius 3 is 2.77 bits per heavy atom. The molecule has 11 heteroatoms. The first-order valence-corrected chi connectivity index (χ1v) is 8.84. The molecule has 0 radical (unpaired) electrons. The SMILES string of the molecule is COC(=O)[C@H]1CN(C(=O)COC(=O)c2ccc([N+](=O)[O-])cc2Cl)CCS1. The highest BCUT2D eigenvalue weighted by Gasteiger charge is 2.30. The van der Waals surface area contributed by atoms with Gasteiger partial charge in [0.25, 0.3) is 11.6 Å². The molecule has 0 unspecified atom stereocenters. The van der Waals surface area contributed by atoms with Crippen LogP contribution in [0.15, 0.2) is 18.2 Å². The number of nitro groups is 1. The number of hydrogen-bond acceptors (Lipinski definition) is 8. The Hall–Kier alpha value is -2.33. The molecule has 1 amide bonds. The van der Waals surface area contributed by atoms with Crippen LogP contribution in [-0.2, 0) is 19.1 Å². The predicted octanol–water partition coefficient (Wildman–Crippen LogP) is 1.52. The number of non-ortho nitro benzene ring substituents is 1. The van der Waals surface area contributed by atoms with Gasteiger partial charge in [0.1, 0.15) is 5.25 Å². The zero-order valence-corrected chi connectivity index (χ0v) is 15.2. The average Bonchev–Trinajstić information content (AvgIpc) is 2.65. The Morgan fingerprint density at radius 1 is 1.42 bits per heavy atom. The molecule has 1 aromatic carbocycles. The van der Waals surface area contributed by atoms with Crippen molar-refractivity contribution in [3.8, 4) is 0 Å². The summed E-state index contributed by atoms with van der Waals surface area (Å²) in [7, 11) is 1.28. The van der Waals surface area contributed by atoms with Crippen LogP contribution < -0.4 is 0 Å². The Bertz CT molecular complexity index is 743. The topological polar surface area (TPSA) is 116 Å². The first-order chi connectivity index (χ1) is 12.3. The summed E-state index contributed by atoms with van der Waals surface area (Å²) in [5.41, 5.74) is -0.339. The highest BCUT2D eigenvalue weighted by atomic mass is 35.5. The van der Waals surface area contributed by atoms with Crippen LogP contribution in [0.4, 0.5) is 5.69 Å². The van der Waals surface area contributed by atoms with Gasteiger partial charge in [-0.1, -0.05) is 11.6 Å². The van der Waals surface area contributed by atoms with Gasteiger partial charge in [-0.15, -0.1) is 11.8 Å². The van der Waals surface area contributed by atoms with Crippen molar-refractivity contribution < 1.29 is 28.8 Å². The van der Waals surface area contributed by atoms with Crippen molar-refractivity contribution in [2.24, 2.45) is 0 Å². The molecule has 0 N–H and O–H groups in total. The Balaban J connectivity index is 1.93. The maximum atomic E-state index is 12.2. The zero-order chi connectivity index (χ0) is 19.3. The lowest BCUT2D eigenvalue weighted by atomic mass is 10.2. The van der Waals surface area contributed by atoms with Gasteiger partial charge in [0.05, 0.1) is 22.6 Å². The molecule has 1 fully saturated rings. The first-order valence-electron chi connectivity index (χ1n) is 7.41. The molecule has 1 aromatic rings. The van der Waals surface area contributed by atoms with Crippen LogP contribution in [0.25, 0.3) is 0 Å². The minimum Gasteiger partial charge on any atom is -0.468 e. The number of halogens is 1. The fourth-order valence-corrected chi connectivity index (χ4v) is 3.61. The summed E-state index contributed by atoms with van der Waals surface area (Å²) in [6, 6.07) is 3.31. The monoisotopic (exact) mass is 402 g/mol. The molecule has 0 bridgehead atoms. The summed E-state index contributed by atoms with van der Waals surface area (Å²) >= 11 is 7.24. The molecule has 1 saturated heterocycles. The van der Waals surface area contributed by atoms with E-state index in [1.165, 1.54) is 23.8 Å². The largest absolute Gasteiger partial charge is 0.468 e. The number of hydrogen-bond donors (Lipinski definition) is 0. The van der Waals surface area contributed by atoms with E-state index in [1.54, 1.807) is 0 Å². The van der Waals surface area contributed by atoms with Gasteiger partial charge in [-0.3, -0.25) is 19.7 Å². The number of methoxy groups -OCH3 is 1. The lowest BCUT2D eigenvalue weighted by molar-refractivity contribution is -0.384. The third kappa shape index (κ3) is 4.85. The van der Waals surface area contributed by atoms with Crippen molar-refractivity contribution in [3.63, 3.8) is 0 Å². The van der Waals surface area contributed by atoms with Crippen molar-refractivity contribution in [3.05, 3.63) is 38.9 Å². The lowest BCUT2D eigenvalue weighted by Gasteiger charge is -2.30. The first kappa shape index (κ1) is 20.0. The van der Waals surface area contributed by atoms with Crippen LogP contribution in [0.5, 0.6) is 0 Å². The van der Waals surface area contributed by atoms with Crippen LogP contribution in [0.1, 0.15) is 10.4 Å². The van der Waals surface area contributed by atoms with Gasteiger partial charge in [0, 0.05) is 31.0 Å². The Kier molecular flexibility index (Phi) is 6.81. The minimum absolute atomic E-state index is 0.0771. The van der Waals surface area contributed by atoms with E-state index >= 15 is 0 Å². The van der Waals surface area contributed by atoms with E-state index in [2.05, 4.69) is 4.74 Å². The molecule has 1 atom stereocenters. The van der Waals surface area contributed by atoms with E-state index in [1.807, 2.05) is 0 Å². The quantitative estimate of drug-likeness (QED) is 0.413. The van der Waals surface area contributed by atoms with E-state index in [0.29, 0.717) is 12.3 Å². The second-order valence-electron chi connectivity index (χ2n) is 5.22. The molecular formula is C15H15ClN2O7S. The summed E-state index contributed by atoms with van der Waals surface area (Å²) in [5.74, 6) is -1.17. The molecule has 0 spiro atoms. The molecule has 2 rings (SSSR count). The van der Waals surface area contributed by atoms with Crippen LogP contribution in [0.3, 0.4) is 0 Å². The normalized spacial score (nSPS) is 16.7. The van der Waals surface area contributed by atoms with Crippen molar-refractivity contribution >= 4 is 46.9 Å². The Morgan fingerprint density at radius 2 is 2.15 bits per heavy atom. The van der Waals surface area contributed by atoms with Crippen molar-refractivity contribution in [2.45, 2.75) is 5.25 Å². The molecule has 1 aliphatic rings. The molecule has 26 heavy (non-hydrogen) atoms. The fraction of sp³-hybridized carbons (Fsp3) is 0.400. The zero-order valence-electron chi connectivity index (χ0n) is 13.7. The summed E-state index contributed by atoms with van der Waals surface area (Å²) in [6.07, 6.45) is 0. The number of thioether (sulfide) groups is 1. The fourth-order valence-electron chi connectivity index (χ4n) is 2.23. The molecule has 140 valence electrons. The van der Waals surface area contributed by atoms with Crippen LogP contribution >= 0.6 is 23.4 Å². The highest BCUT2D eigenvalue weighted by molar-refractivity contribution is 8.00. The van der Waals surface area contributed by atoms with E-state index in [0.717, 1.165) is 18.2 Å². The molecule has 0 aliphatic carbocycles. The van der Waals surface area contributed by atoms with Gasteiger partial charge < -0.3 is 14.4 Å². The second kappa shape index (κ2) is 8.86. The number of esters is 2.